The van der Waals surface area contributed by atoms with Crippen LogP contribution in [0.4, 0.5) is 0 Å². The highest BCUT2D eigenvalue weighted by atomic mass is 16.6. The van der Waals surface area contributed by atoms with Crippen molar-refractivity contribution in [1.82, 2.24) is 0 Å². The molecule has 1 aliphatic heterocycles. The van der Waals surface area contributed by atoms with E-state index in [1.165, 1.54) is 20.3 Å². The standard InChI is InChI=1S/C21H24O7/c1-25-17-7-5-14(10-19(17)27-3)11-21(24)15(12-28-20(21)23)8-13-4-6-16(22)18(9-13)26-2/h4-7,9-10,15,22,24H,8,11-12H2,1-3H3/t15-,21-/m1/s1. The van der Waals surface area contributed by atoms with E-state index in [2.05, 4.69) is 0 Å². The van der Waals surface area contributed by atoms with Gasteiger partial charge in [0.15, 0.2) is 28.6 Å². The molecule has 0 aromatic heterocycles. The van der Waals surface area contributed by atoms with Gasteiger partial charge in [0.2, 0.25) is 0 Å². The number of carbonyl (C=O) groups excluding carboxylic acids is 1. The Bertz CT molecular complexity index is 864. The lowest BCUT2D eigenvalue weighted by Crippen LogP contribution is -2.44. The van der Waals surface area contributed by atoms with Gasteiger partial charge in [-0.1, -0.05) is 12.1 Å². The van der Waals surface area contributed by atoms with Gasteiger partial charge in [-0.05, 0) is 41.8 Å². The van der Waals surface area contributed by atoms with Crippen molar-refractivity contribution >= 4 is 5.97 Å². The van der Waals surface area contributed by atoms with Crippen LogP contribution in [0.1, 0.15) is 11.1 Å². The molecular formula is C21H24O7. The highest BCUT2D eigenvalue weighted by Gasteiger charge is 2.51. The van der Waals surface area contributed by atoms with Gasteiger partial charge in [0.1, 0.15) is 0 Å². The summed E-state index contributed by atoms with van der Waals surface area (Å²) in [6.45, 7) is 0.117. The van der Waals surface area contributed by atoms with Gasteiger partial charge >= 0.3 is 5.97 Å². The molecule has 7 nitrogen and oxygen atoms in total. The molecule has 2 atom stereocenters. The normalized spacial score (nSPS) is 21.3. The van der Waals surface area contributed by atoms with Crippen molar-refractivity contribution in [2.75, 3.05) is 27.9 Å². The molecule has 0 radical (unpaired) electrons. The zero-order chi connectivity index (χ0) is 20.3. The lowest BCUT2D eigenvalue weighted by molar-refractivity contribution is -0.154. The van der Waals surface area contributed by atoms with Crippen LogP contribution in [0.25, 0.3) is 0 Å². The van der Waals surface area contributed by atoms with Gasteiger partial charge in [-0.15, -0.1) is 0 Å². The average Bonchev–Trinajstić information content (AvgIpc) is 2.97. The summed E-state index contributed by atoms with van der Waals surface area (Å²) >= 11 is 0. The Hall–Kier alpha value is -2.93. The molecule has 2 N–H and O–H groups in total. The van der Waals surface area contributed by atoms with Crippen LogP contribution < -0.4 is 14.2 Å². The van der Waals surface area contributed by atoms with Crippen LogP contribution in [-0.2, 0) is 22.4 Å². The second kappa shape index (κ2) is 7.98. The second-order valence-electron chi connectivity index (χ2n) is 6.80. The largest absolute Gasteiger partial charge is 0.504 e. The number of cyclic esters (lactones) is 1. The lowest BCUT2D eigenvalue weighted by atomic mass is 9.81. The van der Waals surface area contributed by atoms with Gasteiger partial charge in [-0.3, -0.25) is 0 Å². The molecule has 1 saturated heterocycles. The molecule has 2 aromatic carbocycles. The molecule has 1 heterocycles. The molecule has 0 unspecified atom stereocenters. The number of rotatable bonds is 7. The molecule has 150 valence electrons. The van der Waals surface area contributed by atoms with Gasteiger partial charge in [0, 0.05) is 12.3 Å². The zero-order valence-corrected chi connectivity index (χ0v) is 16.1. The Morgan fingerprint density at radius 3 is 2.32 bits per heavy atom. The maximum absolute atomic E-state index is 12.4. The summed E-state index contributed by atoms with van der Waals surface area (Å²) in [6, 6.07) is 10.2. The van der Waals surface area contributed by atoms with E-state index < -0.39 is 17.5 Å². The summed E-state index contributed by atoms with van der Waals surface area (Å²) in [4.78, 5) is 12.4. The van der Waals surface area contributed by atoms with Crippen molar-refractivity contribution in [1.29, 1.82) is 0 Å². The third kappa shape index (κ3) is 3.71. The maximum Gasteiger partial charge on any atom is 0.338 e. The number of phenolic OH excluding ortho intramolecular Hbond substituents is 1. The number of hydrogen-bond acceptors (Lipinski definition) is 7. The maximum atomic E-state index is 12.4. The molecule has 0 bridgehead atoms. The number of carbonyl (C=O) groups is 1. The number of phenols is 1. The first kappa shape index (κ1) is 19.8. The van der Waals surface area contributed by atoms with E-state index in [4.69, 9.17) is 18.9 Å². The van der Waals surface area contributed by atoms with Crippen molar-refractivity contribution in [3.05, 3.63) is 47.5 Å². The number of hydrogen-bond donors (Lipinski definition) is 2. The van der Waals surface area contributed by atoms with Gasteiger partial charge in [0.25, 0.3) is 0 Å². The highest BCUT2D eigenvalue weighted by Crippen LogP contribution is 2.36. The summed E-state index contributed by atoms with van der Waals surface area (Å²) < 4.78 is 20.8. The van der Waals surface area contributed by atoms with Crippen LogP contribution in [0.15, 0.2) is 36.4 Å². The van der Waals surface area contributed by atoms with Crippen molar-refractivity contribution in [2.45, 2.75) is 18.4 Å². The summed E-state index contributed by atoms with van der Waals surface area (Å²) in [5.74, 6) is 0.381. The van der Waals surface area contributed by atoms with E-state index >= 15 is 0 Å². The smallest absolute Gasteiger partial charge is 0.338 e. The number of ether oxygens (including phenoxy) is 4. The van der Waals surface area contributed by atoms with E-state index in [9.17, 15) is 15.0 Å². The third-order valence-corrected chi connectivity index (χ3v) is 5.09. The Balaban J connectivity index is 1.84. The van der Waals surface area contributed by atoms with Crippen LogP contribution in [0.3, 0.4) is 0 Å². The molecule has 0 spiro atoms. The first-order valence-corrected chi connectivity index (χ1v) is 8.87. The molecule has 0 aliphatic carbocycles. The predicted octanol–water partition coefficient (Wildman–Crippen LogP) is 2.11. The topological polar surface area (TPSA) is 94.5 Å². The number of esters is 1. The summed E-state index contributed by atoms with van der Waals surface area (Å²) in [7, 11) is 4.54. The number of methoxy groups -OCH3 is 3. The molecule has 1 fully saturated rings. The fraction of sp³-hybridized carbons (Fsp3) is 0.381. The van der Waals surface area contributed by atoms with E-state index in [1.807, 2.05) is 0 Å². The average molecular weight is 388 g/mol. The molecular weight excluding hydrogens is 364 g/mol. The number of aliphatic hydroxyl groups is 1. The van der Waals surface area contributed by atoms with E-state index in [1.54, 1.807) is 37.4 Å². The van der Waals surface area contributed by atoms with E-state index in [0.29, 0.717) is 23.7 Å². The third-order valence-electron chi connectivity index (χ3n) is 5.09. The molecule has 3 rings (SSSR count). The van der Waals surface area contributed by atoms with Gasteiger partial charge in [0.05, 0.1) is 27.9 Å². The summed E-state index contributed by atoms with van der Waals surface area (Å²) in [5, 5.41) is 20.9. The zero-order valence-electron chi connectivity index (χ0n) is 16.1. The predicted molar refractivity (Wildman–Crippen MR) is 101 cm³/mol. The monoisotopic (exact) mass is 388 g/mol. The minimum Gasteiger partial charge on any atom is -0.504 e. The molecule has 1 aliphatic rings. The van der Waals surface area contributed by atoms with Crippen LogP contribution in [0, 0.1) is 5.92 Å². The van der Waals surface area contributed by atoms with Gasteiger partial charge < -0.3 is 29.2 Å². The summed E-state index contributed by atoms with van der Waals surface area (Å²) in [6.07, 6.45) is 0.484. The van der Waals surface area contributed by atoms with Crippen LogP contribution >= 0.6 is 0 Å². The molecule has 0 saturated carbocycles. The molecule has 2 aromatic rings. The van der Waals surface area contributed by atoms with Crippen molar-refractivity contribution in [3.63, 3.8) is 0 Å². The Labute approximate surface area is 163 Å². The molecule has 0 amide bonds. The van der Waals surface area contributed by atoms with Gasteiger partial charge in [-0.2, -0.15) is 0 Å². The van der Waals surface area contributed by atoms with Crippen LogP contribution in [-0.4, -0.2) is 49.7 Å². The Kier molecular flexibility index (Phi) is 5.65. The summed E-state index contributed by atoms with van der Waals surface area (Å²) in [5.41, 5.74) is -0.110. The first-order valence-electron chi connectivity index (χ1n) is 8.87. The SMILES string of the molecule is COc1cc(C[C@@H]2COC(=O)[C@@]2(O)Cc2ccc(OC)c(OC)c2)ccc1O. The fourth-order valence-electron chi connectivity index (χ4n) is 3.49. The van der Waals surface area contributed by atoms with E-state index in [0.717, 1.165) is 11.1 Å². The minimum absolute atomic E-state index is 0.0330. The second-order valence-corrected chi connectivity index (χ2v) is 6.80. The van der Waals surface area contributed by atoms with E-state index in [-0.39, 0.29) is 18.8 Å². The van der Waals surface area contributed by atoms with Crippen molar-refractivity contribution in [2.24, 2.45) is 5.92 Å². The quantitative estimate of drug-likeness (QED) is 0.702. The van der Waals surface area contributed by atoms with Gasteiger partial charge in [-0.25, -0.2) is 4.79 Å². The number of aromatic hydroxyl groups is 1. The van der Waals surface area contributed by atoms with Crippen molar-refractivity contribution < 1.29 is 34.0 Å². The number of benzene rings is 2. The lowest BCUT2D eigenvalue weighted by Gasteiger charge is -2.26. The van der Waals surface area contributed by atoms with Crippen LogP contribution in [0.2, 0.25) is 0 Å². The molecule has 28 heavy (non-hydrogen) atoms. The Morgan fingerprint density at radius 1 is 1.00 bits per heavy atom. The Morgan fingerprint density at radius 2 is 1.64 bits per heavy atom. The van der Waals surface area contributed by atoms with Crippen LogP contribution in [0.5, 0.6) is 23.0 Å². The molecule has 7 heteroatoms. The highest BCUT2D eigenvalue weighted by molar-refractivity contribution is 5.82. The fourth-order valence-corrected chi connectivity index (χ4v) is 3.49. The van der Waals surface area contributed by atoms with Crippen molar-refractivity contribution in [3.8, 4) is 23.0 Å². The first-order chi connectivity index (χ1) is 13.4. The minimum atomic E-state index is -1.66.